The molecule has 0 aliphatic heterocycles. The molecule has 0 spiro atoms. The Morgan fingerprint density at radius 2 is 2.00 bits per heavy atom. The van der Waals surface area contributed by atoms with Crippen LogP contribution in [0.5, 0.6) is 0 Å². The molecule has 0 amide bonds. The number of unbranched alkanes of at least 4 members (excludes halogenated alkanes) is 1. The Morgan fingerprint density at radius 3 is 2.67 bits per heavy atom. The summed E-state index contributed by atoms with van der Waals surface area (Å²) in [6, 6.07) is 1.45. The van der Waals surface area contributed by atoms with E-state index in [1.165, 1.54) is 0 Å². The monoisotopic (exact) mass is 215 g/mol. The fourth-order valence-corrected chi connectivity index (χ4v) is 1.15. The zero-order valence-corrected chi connectivity index (χ0v) is 8.19. The van der Waals surface area contributed by atoms with Gasteiger partial charge in [0.25, 0.3) is 0 Å². The number of allylic oxidation sites excluding steroid dienone is 1. The average molecular weight is 215 g/mol. The van der Waals surface area contributed by atoms with Gasteiger partial charge in [0, 0.05) is 18.7 Å². The van der Waals surface area contributed by atoms with Gasteiger partial charge >= 0.3 is 0 Å². The summed E-state index contributed by atoms with van der Waals surface area (Å²) in [5.41, 5.74) is -0.142. The summed E-state index contributed by atoms with van der Waals surface area (Å²) in [7, 11) is 0. The summed E-state index contributed by atoms with van der Waals surface area (Å²) >= 11 is 0. The van der Waals surface area contributed by atoms with Gasteiger partial charge in [0.1, 0.15) is 5.82 Å². The van der Waals surface area contributed by atoms with Gasteiger partial charge in [-0.15, -0.1) is 6.58 Å². The van der Waals surface area contributed by atoms with Crippen LogP contribution in [0, 0.1) is 17.5 Å². The molecule has 0 radical (unpaired) electrons. The number of halogens is 3. The second-order valence-corrected chi connectivity index (χ2v) is 3.11. The maximum atomic E-state index is 13.1. The van der Waals surface area contributed by atoms with Crippen LogP contribution in [-0.4, -0.2) is 6.54 Å². The molecule has 1 N–H and O–H groups in total. The van der Waals surface area contributed by atoms with Crippen molar-refractivity contribution in [3.05, 3.63) is 42.2 Å². The largest absolute Gasteiger partial charge is 0.382 e. The van der Waals surface area contributed by atoms with Crippen molar-refractivity contribution >= 4 is 5.69 Å². The second-order valence-electron chi connectivity index (χ2n) is 3.11. The molecule has 15 heavy (non-hydrogen) atoms. The highest BCUT2D eigenvalue weighted by Gasteiger charge is 2.09. The standard InChI is InChI=1S/C11H12F3N/c1-2-3-4-5-15-10-7-8(12)6-9(13)11(10)14/h2,6-7,15H,1,3-5H2. The number of nitrogens with one attached hydrogen (secondary N) is 1. The van der Waals surface area contributed by atoms with Crippen molar-refractivity contribution < 1.29 is 13.2 Å². The topological polar surface area (TPSA) is 12.0 Å². The van der Waals surface area contributed by atoms with Crippen molar-refractivity contribution in [2.45, 2.75) is 12.8 Å². The third kappa shape index (κ3) is 3.31. The van der Waals surface area contributed by atoms with Gasteiger partial charge in [-0.1, -0.05) is 6.08 Å². The first-order valence-electron chi connectivity index (χ1n) is 4.64. The highest BCUT2D eigenvalue weighted by atomic mass is 19.2. The normalized spacial score (nSPS) is 10.1. The highest BCUT2D eigenvalue weighted by Crippen LogP contribution is 2.18. The van der Waals surface area contributed by atoms with E-state index in [0.717, 1.165) is 18.9 Å². The molecule has 0 aromatic heterocycles. The van der Waals surface area contributed by atoms with Crippen molar-refractivity contribution in [2.75, 3.05) is 11.9 Å². The van der Waals surface area contributed by atoms with E-state index in [2.05, 4.69) is 11.9 Å². The fraction of sp³-hybridized carbons (Fsp3) is 0.273. The Labute approximate surface area is 86.6 Å². The zero-order valence-electron chi connectivity index (χ0n) is 8.19. The van der Waals surface area contributed by atoms with Crippen LogP contribution < -0.4 is 5.32 Å². The van der Waals surface area contributed by atoms with Gasteiger partial charge in [-0.05, 0) is 12.8 Å². The molecule has 0 heterocycles. The minimum Gasteiger partial charge on any atom is -0.382 e. The smallest absolute Gasteiger partial charge is 0.182 e. The van der Waals surface area contributed by atoms with Gasteiger partial charge in [0.15, 0.2) is 11.6 Å². The predicted octanol–water partition coefficient (Wildman–Crippen LogP) is 3.48. The van der Waals surface area contributed by atoms with Gasteiger partial charge in [-0.3, -0.25) is 0 Å². The Balaban J connectivity index is 2.63. The Kier molecular flexibility index (Phi) is 4.21. The molecule has 0 fully saturated rings. The molecule has 4 heteroatoms. The third-order valence-corrected chi connectivity index (χ3v) is 1.89. The van der Waals surface area contributed by atoms with Crippen LogP contribution in [0.4, 0.5) is 18.9 Å². The summed E-state index contributed by atoms with van der Waals surface area (Å²) in [6.45, 7) is 3.98. The van der Waals surface area contributed by atoms with Crippen LogP contribution >= 0.6 is 0 Å². The van der Waals surface area contributed by atoms with E-state index in [0.29, 0.717) is 12.6 Å². The van der Waals surface area contributed by atoms with Crippen molar-refractivity contribution in [3.63, 3.8) is 0 Å². The van der Waals surface area contributed by atoms with Crippen LogP contribution in [0.3, 0.4) is 0 Å². The first-order valence-corrected chi connectivity index (χ1v) is 4.64. The van der Waals surface area contributed by atoms with Gasteiger partial charge in [-0.25, -0.2) is 13.2 Å². The molecule has 0 aliphatic carbocycles. The summed E-state index contributed by atoms with van der Waals surface area (Å²) in [6.07, 6.45) is 3.23. The lowest BCUT2D eigenvalue weighted by molar-refractivity contribution is 0.497. The minimum absolute atomic E-state index is 0.142. The van der Waals surface area contributed by atoms with E-state index in [1.807, 2.05) is 0 Å². The third-order valence-electron chi connectivity index (χ3n) is 1.89. The summed E-state index contributed by atoms with van der Waals surface area (Å²) in [5, 5.41) is 2.63. The number of hydrogen-bond donors (Lipinski definition) is 1. The Bertz CT molecular complexity index is 350. The molecule has 0 saturated heterocycles. The highest BCUT2D eigenvalue weighted by molar-refractivity contribution is 5.45. The van der Waals surface area contributed by atoms with Crippen molar-refractivity contribution in [2.24, 2.45) is 0 Å². The van der Waals surface area contributed by atoms with Gasteiger partial charge < -0.3 is 5.32 Å². The molecule has 1 aromatic rings. The van der Waals surface area contributed by atoms with E-state index in [9.17, 15) is 13.2 Å². The molecule has 0 unspecified atom stereocenters. The van der Waals surface area contributed by atoms with Crippen LogP contribution in [0.25, 0.3) is 0 Å². The lowest BCUT2D eigenvalue weighted by atomic mass is 10.2. The number of hydrogen-bond acceptors (Lipinski definition) is 1. The molecule has 1 nitrogen and oxygen atoms in total. The van der Waals surface area contributed by atoms with Crippen molar-refractivity contribution in [3.8, 4) is 0 Å². The minimum atomic E-state index is -1.18. The molecule has 0 bridgehead atoms. The molecule has 0 saturated carbocycles. The quantitative estimate of drug-likeness (QED) is 0.450. The fourth-order valence-electron chi connectivity index (χ4n) is 1.15. The number of anilines is 1. The van der Waals surface area contributed by atoms with Crippen LogP contribution in [0.1, 0.15) is 12.8 Å². The Morgan fingerprint density at radius 1 is 1.27 bits per heavy atom. The van der Waals surface area contributed by atoms with E-state index in [1.54, 1.807) is 6.08 Å². The zero-order chi connectivity index (χ0) is 11.3. The van der Waals surface area contributed by atoms with Gasteiger partial charge in [-0.2, -0.15) is 0 Å². The predicted molar refractivity (Wildman–Crippen MR) is 54.2 cm³/mol. The molecule has 1 rings (SSSR count). The van der Waals surface area contributed by atoms with Crippen molar-refractivity contribution in [1.82, 2.24) is 0 Å². The van der Waals surface area contributed by atoms with Gasteiger partial charge in [0.2, 0.25) is 0 Å². The SMILES string of the molecule is C=CCCCNc1cc(F)cc(F)c1F. The Hall–Kier alpha value is -1.45. The molecular weight excluding hydrogens is 203 g/mol. The molecule has 0 aliphatic rings. The van der Waals surface area contributed by atoms with E-state index in [-0.39, 0.29) is 5.69 Å². The maximum Gasteiger partial charge on any atom is 0.182 e. The van der Waals surface area contributed by atoms with Crippen LogP contribution in [0.2, 0.25) is 0 Å². The molecule has 0 atom stereocenters. The van der Waals surface area contributed by atoms with E-state index in [4.69, 9.17) is 0 Å². The van der Waals surface area contributed by atoms with Crippen LogP contribution in [-0.2, 0) is 0 Å². The van der Waals surface area contributed by atoms with Crippen molar-refractivity contribution in [1.29, 1.82) is 0 Å². The van der Waals surface area contributed by atoms with Crippen LogP contribution in [0.15, 0.2) is 24.8 Å². The van der Waals surface area contributed by atoms with E-state index < -0.39 is 17.5 Å². The summed E-state index contributed by atoms with van der Waals surface area (Å²) < 4.78 is 38.5. The number of benzene rings is 1. The molecule has 1 aromatic carbocycles. The lowest BCUT2D eigenvalue weighted by Gasteiger charge is -2.07. The van der Waals surface area contributed by atoms with Gasteiger partial charge in [0.05, 0.1) is 5.69 Å². The maximum absolute atomic E-state index is 13.1. The first kappa shape index (κ1) is 11.6. The van der Waals surface area contributed by atoms with E-state index >= 15 is 0 Å². The number of rotatable bonds is 5. The average Bonchev–Trinajstić information content (AvgIpc) is 2.19. The first-order chi connectivity index (χ1) is 7.15. The molecular formula is C11H12F3N. The second kappa shape index (κ2) is 5.44. The lowest BCUT2D eigenvalue weighted by Crippen LogP contribution is -2.04. The molecule has 82 valence electrons. The summed E-state index contributed by atoms with van der Waals surface area (Å²) in [4.78, 5) is 0. The summed E-state index contributed by atoms with van der Waals surface area (Å²) in [5.74, 6) is -3.02.